The van der Waals surface area contributed by atoms with Crippen molar-refractivity contribution in [2.45, 2.75) is 13.8 Å². The van der Waals surface area contributed by atoms with Gasteiger partial charge in [0.25, 0.3) is 0 Å². The Morgan fingerprint density at radius 2 is 2.10 bits per heavy atom. The Bertz CT molecular complexity index is 237. The molecule has 1 N–H and O–H groups in total. The summed E-state index contributed by atoms with van der Waals surface area (Å²) >= 11 is 3.22. The van der Waals surface area contributed by atoms with Crippen LogP contribution in [0.5, 0.6) is 5.75 Å². The van der Waals surface area contributed by atoms with Crippen LogP contribution in [-0.2, 0) is 0 Å². The third kappa shape index (κ3) is 1.29. The maximum absolute atomic E-state index is 9.25. The molecule has 0 bridgehead atoms. The second-order valence-corrected chi connectivity index (χ2v) is 3.01. The minimum Gasteiger partial charge on any atom is -0.506 e. The van der Waals surface area contributed by atoms with E-state index in [1.807, 2.05) is 6.92 Å². The molecule has 0 unspecified atom stereocenters. The molecule has 0 saturated carbocycles. The summed E-state index contributed by atoms with van der Waals surface area (Å²) < 4.78 is 0.764. The predicted molar refractivity (Wildman–Crippen MR) is 43.1 cm³/mol. The van der Waals surface area contributed by atoms with Gasteiger partial charge in [-0.05, 0) is 41.4 Å². The molecule has 1 rings (SSSR count). The van der Waals surface area contributed by atoms with E-state index in [9.17, 15) is 5.11 Å². The summed E-state index contributed by atoms with van der Waals surface area (Å²) in [6, 6.07) is 1.78. The number of hydrogen-bond acceptors (Lipinski definition) is 2. The molecule has 0 aliphatic carbocycles. The lowest BCUT2D eigenvalue weighted by atomic mass is 10.2. The van der Waals surface area contributed by atoms with Crippen LogP contribution in [-0.4, -0.2) is 10.1 Å². The Morgan fingerprint density at radius 3 is 2.60 bits per heavy atom. The Balaban J connectivity index is 3.31. The normalized spacial score (nSPS) is 9.90. The second kappa shape index (κ2) is 2.58. The fourth-order valence-corrected chi connectivity index (χ4v) is 1.39. The summed E-state index contributed by atoms with van der Waals surface area (Å²) in [6.45, 7) is 3.61. The molecule has 0 aliphatic rings. The molecule has 0 radical (unpaired) electrons. The summed E-state index contributed by atoms with van der Waals surface area (Å²) in [5.41, 5.74) is 1.51. The average molecular weight is 202 g/mol. The zero-order valence-corrected chi connectivity index (χ0v) is 7.44. The van der Waals surface area contributed by atoms with Crippen molar-refractivity contribution in [3.63, 3.8) is 0 Å². The first kappa shape index (κ1) is 7.54. The van der Waals surface area contributed by atoms with Crippen molar-refractivity contribution < 1.29 is 5.11 Å². The van der Waals surface area contributed by atoms with Crippen molar-refractivity contribution in [2.24, 2.45) is 0 Å². The highest BCUT2D eigenvalue weighted by Gasteiger charge is 2.01. The Labute approximate surface area is 68.0 Å². The number of nitrogens with zero attached hydrogens (tertiary/aromatic N) is 1. The van der Waals surface area contributed by atoms with Gasteiger partial charge in [0.15, 0.2) is 0 Å². The van der Waals surface area contributed by atoms with Crippen LogP contribution in [0, 0.1) is 13.8 Å². The minimum atomic E-state index is 0.281. The third-order valence-electron chi connectivity index (χ3n) is 1.33. The summed E-state index contributed by atoms with van der Waals surface area (Å²) in [5.74, 6) is 0.281. The molecule has 10 heavy (non-hydrogen) atoms. The van der Waals surface area contributed by atoms with Crippen LogP contribution in [0.1, 0.15) is 11.3 Å². The van der Waals surface area contributed by atoms with E-state index in [-0.39, 0.29) is 5.75 Å². The van der Waals surface area contributed by atoms with Crippen molar-refractivity contribution in [3.05, 3.63) is 21.9 Å². The molecule has 0 spiro atoms. The van der Waals surface area contributed by atoms with Crippen molar-refractivity contribution >= 4 is 15.9 Å². The second-order valence-electron chi connectivity index (χ2n) is 2.20. The fraction of sp³-hybridized carbons (Fsp3) is 0.286. The first-order valence-corrected chi connectivity index (χ1v) is 3.73. The van der Waals surface area contributed by atoms with Gasteiger partial charge in [0.1, 0.15) is 10.4 Å². The fourth-order valence-electron chi connectivity index (χ4n) is 0.778. The highest BCUT2D eigenvalue weighted by Crippen LogP contribution is 2.21. The Hall–Kier alpha value is -0.570. The van der Waals surface area contributed by atoms with Crippen molar-refractivity contribution in [2.75, 3.05) is 0 Å². The van der Waals surface area contributed by atoms with E-state index < -0.39 is 0 Å². The van der Waals surface area contributed by atoms with Crippen LogP contribution in [0.25, 0.3) is 0 Å². The van der Waals surface area contributed by atoms with E-state index in [1.54, 1.807) is 13.0 Å². The van der Waals surface area contributed by atoms with Gasteiger partial charge in [-0.3, -0.25) is 0 Å². The van der Waals surface area contributed by atoms with E-state index in [1.165, 1.54) is 0 Å². The van der Waals surface area contributed by atoms with E-state index >= 15 is 0 Å². The van der Waals surface area contributed by atoms with Gasteiger partial charge in [-0.1, -0.05) is 0 Å². The quantitative estimate of drug-likeness (QED) is 0.654. The third-order valence-corrected chi connectivity index (χ3v) is 1.73. The standard InChI is InChI=1S/C7H8BrNO/c1-4-3-6(8)9-5(2)7(4)10/h3,10H,1-2H3. The largest absolute Gasteiger partial charge is 0.506 e. The maximum Gasteiger partial charge on any atom is 0.139 e. The molecule has 0 aliphatic heterocycles. The van der Waals surface area contributed by atoms with Gasteiger partial charge in [-0.2, -0.15) is 0 Å². The van der Waals surface area contributed by atoms with Gasteiger partial charge in [0.05, 0.1) is 5.69 Å². The van der Waals surface area contributed by atoms with Gasteiger partial charge >= 0.3 is 0 Å². The van der Waals surface area contributed by atoms with Crippen molar-refractivity contribution in [3.8, 4) is 5.75 Å². The molecule has 0 aromatic carbocycles. The summed E-state index contributed by atoms with van der Waals surface area (Å²) in [5, 5.41) is 9.25. The van der Waals surface area contributed by atoms with Crippen molar-refractivity contribution in [1.29, 1.82) is 0 Å². The molecule has 0 atom stereocenters. The van der Waals surface area contributed by atoms with Gasteiger partial charge in [0, 0.05) is 0 Å². The van der Waals surface area contributed by atoms with Crippen LogP contribution in [0.4, 0.5) is 0 Å². The maximum atomic E-state index is 9.25. The van der Waals surface area contributed by atoms with Crippen LogP contribution < -0.4 is 0 Å². The minimum absolute atomic E-state index is 0.281. The van der Waals surface area contributed by atoms with Gasteiger partial charge in [-0.15, -0.1) is 0 Å². The van der Waals surface area contributed by atoms with Crippen LogP contribution >= 0.6 is 15.9 Å². The lowest BCUT2D eigenvalue weighted by Gasteiger charge is -2.01. The summed E-state index contributed by atoms with van der Waals surface area (Å²) in [7, 11) is 0. The van der Waals surface area contributed by atoms with Crippen LogP contribution in [0.3, 0.4) is 0 Å². The molecule has 1 aromatic rings. The van der Waals surface area contributed by atoms with Gasteiger partial charge < -0.3 is 5.11 Å². The number of aryl methyl sites for hydroxylation is 2. The number of aromatic nitrogens is 1. The predicted octanol–water partition coefficient (Wildman–Crippen LogP) is 2.17. The lowest BCUT2D eigenvalue weighted by Crippen LogP contribution is -1.85. The first-order valence-electron chi connectivity index (χ1n) is 2.94. The van der Waals surface area contributed by atoms with Crippen molar-refractivity contribution in [1.82, 2.24) is 4.98 Å². The number of pyridine rings is 1. The van der Waals surface area contributed by atoms with E-state index in [2.05, 4.69) is 20.9 Å². The molecular weight excluding hydrogens is 194 g/mol. The van der Waals surface area contributed by atoms with Gasteiger partial charge in [-0.25, -0.2) is 4.98 Å². The zero-order valence-electron chi connectivity index (χ0n) is 5.85. The van der Waals surface area contributed by atoms with Gasteiger partial charge in [0.2, 0.25) is 0 Å². The molecular formula is C7H8BrNO. The first-order chi connectivity index (χ1) is 4.61. The highest BCUT2D eigenvalue weighted by atomic mass is 79.9. The smallest absolute Gasteiger partial charge is 0.139 e. The lowest BCUT2D eigenvalue weighted by molar-refractivity contribution is 0.463. The summed E-state index contributed by atoms with van der Waals surface area (Å²) in [6.07, 6.45) is 0. The summed E-state index contributed by atoms with van der Waals surface area (Å²) in [4.78, 5) is 4.00. The average Bonchev–Trinajstić information content (AvgIpc) is 1.82. The highest BCUT2D eigenvalue weighted by molar-refractivity contribution is 9.10. The van der Waals surface area contributed by atoms with Crippen LogP contribution in [0.15, 0.2) is 10.7 Å². The molecule has 1 heterocycles. The molecule has 0 fully saturated rings. The number of hydrogen-bond donors (Lipinski definition) is 1. The van der Waals surface area contributed by atoms with E-state index in [0.29, 0.717) is 5.69 Å². The number of aromatic hydroxyl groups is 1. The molecule has 2 nitrogen and oxygen atoms in total. The molecule has 54 valence electrons. The Morgan fingerprint density at radius 1 is 1.50 bits per heavy atom. The SMILES string of the molecule is Cc1cc(Br)nc(C)c1O. The zero-order chi connectivity index (χ0) is 7.72. The molecule has 3 heteroatoms. The molecule has 0 saturated heterocycles. The van der Waals surface area contributed by atoms with E-state index in [0.717, 1.165) is 10.2 Å². The molecule has 1 aromatic heterocycles. The Kier molecular flexibility index (Phi) is 1.94. The van der Waals surface area contributed by atoms with Crippen LogP contribution in [0.2, 0.25) is 0 Å². The topological polar surface area (TPSA) is 33.1 Å². The molecule has 0 amide bonds. The number of rotatable bonds is 0. The number of halogens is 1. The van der Waals surface area contributed by atoms with E-state index in [4.69, 9.17) is 0 Å². The monoisotopic (exact) mass is 201 g/mol.